The molecule has 0 saturated carbocycles. The summed E-state index contributed by atoms with van der Waals surface area (Å²) < 4.78 is 0. The summed E-state index contributed by atoms with van der Waals surface area (Å²) in [7, 11) is 0. The minimum atomic E-state index is -0.113. The smallest absolute Gasteiger partial charge is 0.0991 e. The molecule has 2 nitrogen and oxygen atoms in total. The molecule has 3 heteroatoms. The average molecular weight is 717 g/mol. The van der Waals surface area contributed by atoms with Crippen molar-refractivity contribution in [2.45, 2.75) is 12.3 Å². The van der Waals surface area contributed by atoms with Crippen LogP contribution in [0.15, 0.2) is 157 Å². The zero-order valence-electron chi connectivity index (χ0n) is 29.6. The van der Waals surface area contributed by atoms with Gasteiger partial charge in [-0.3, -0.25) is 0 Å². The maximum atomic E-state index is 10.2. The first-order valence-corrected chi connectivity index (χ1v) is 19.0. The van der Waals surface area contributed by atoms with Crippen LogP contribution in [0.1, 0.15) is 33.7 Å². The van der Waals surface area contributed by atoms with Gasteiger partial charge in [-0.15, -0.1) is 0 Å². The number of hydrogen-bond donors (Lipinski definition) is 0. The Morgan fingerprint density at radius 3 is 1.76 bits per heavy atom. The zero-order chi connectivity index (χ0) is 36.8. The molecule has 0 saturated heterocycles. The number of nitriles is 2. The Kier molecular flexibility index (Phi) is 6.90. The third kappa shape index (κ3) is 4.60. The molecule has 0 N–H and O–H groups in total. The lowest BCUT2D eigenvalue weighted by Gasteiger charge is -2.31. The number of allylic oxidation sites excluding steroid dienone is 1. The zero-order valence-corrected chi connectivity index (χ0v) is 30.3. The molecule has 0 aromatic heterocycles. The second-order valence-electron chi connectivity index (χ2n) is 14.7. The van der Waals surface area contributed by atoms with Crippen molar-refractivity contribution in [3.8, 4) is 56.6 Å². The van der Waals surface area contributed by atoms with Gasteiger partial charge < -0.3 is 0 Å². The number of fused-ring (bicyclic) bond motifs is 9. The fraction of sp³-hybridized carbons (Fsp3) is 0.0385. The summed E-state index contributed by atoms with van der Waals surface area (Å²) in [5.41, 5.74) is 13.5. The van der Waals surface area contributed by atoms with Crippen molar-refractivity contribution < 1.29 is 0 Å². The Balaban J connectivity index is 1.30. The van der Waals surface area contributed by atoms with E-state index in [2.05, 4.69) is 133 Å². The van der Waals surface area contributed by atoms with Gasteiger partial charge in [0.25, 0.3) is 0 Å². The highest BCUT2D eigenvalue weighted by Crippen LogP contribution is 2.60. The second-order valence-corrected chi connectivity index (χ2v) is 15.1. The van der Waals surface area contributed by atoms with Crippen LogP contribution in [0.2, 0.25) is 0 Å². The van der Waals surface area contributed by atoms with E-state index in [-0.39, 0.29) is 5.92 Å². The van der Waals surface area contributed by atoms with Gasteiger partial charge in [0.05, 0.1) is 23.3 Å². The molecular formula is C52H29ClN2. The number of halogens is 1. The van der Waals surface area contributed by atoms with E-state index >= 15 is 0 Å². The molecule has 9 aromatic rings. The van der Waals surface area contributed by atoms with Gasteiger partial charge in [-0.05, 0) is 153 Å². The monoisotopic (exact) mass is 716 g/mol. The maximum Gasteiger partial charge on any atom is 0.0991 e. The SMILES string of the molecule is N#Cc1cccc(-c2c3c(c(-c4cccc(C#N)c4)c4c2-c2cccc5c2c-4cc2ccccc25)CC(c2cc4ccccc4c4ccccc24)C(Cl)=C3)c1. The lowest BCUT2D eigenvalue weighted by Crippen LogP contribution is -2.13. The minimum absolute atomic E-state index is 0.113. The Bertz CT molecular complexity index is 3280. The third-order valence-corrected chi connectivity index (χ3v) is 12.2. The molecule has 1 unspecified atom stereocenters. The highest BCUT2D eigenvalue weighted by molar-refractivity contribution is 6.34. The van der Waals surface area contributed by atoms with Gasteiger partial charge in [0.15, 0.2) is 0 Å². The van der Waals surface area contributed by atoms with E-state index in [9.17, 15) is 10.5 Å². The molecule has 11 rings (SSSR count). The van der Waals surface area contributed by atoms with E-state index in [1.165, 1.54) is 65.3 Å². The lowest BCUT2D eigenvalue weighted by atomic mass is 9.73. The fourth-order valence-electron chi connectivity index (χ4n) is 9.58. The standard InChI is InChI=1S/C52H29ClN2/c53-47-27-45-44(26-43(47)42-24-32-12-1-3-16-36(32)38-18-5-6-19-39(38)42)48(34-14-7-10-30(22-34)28-54)52-46-25-33-13-2-4-17-37(33)40-20-9-21-41(50(40)46)51(52)49(45)35-15-8-11-31(23-35)29-55/h1-25,27,43H,26H2. The molecule has 0 fully saturated rings. The fourth-order valence-corrected chi connectivity index (χ4v) is 9.88. The van der Waals surface area contributed by atoms with Crippen molar-refractivity contribution in [1.82, 2.24) is 0 Å². The number of hydrogen-bond acceptors (Lipinski definition) is 2. The lowest BCUT2D eigenvalue weighted by molar-refractivity contribution is 0.823. The van der Waals surface area contributed by atoms with E-state index in [1.807, 2.05) is 36.4 Å². The highest BCUT2D eigenvalue weighted by atomic mass is 35.5. The van der Waals surface area contributed by atoms with E-state index in [4.69, 9.17) is 11.6 Å². The van der Waals surface area contributed by atoms with Crippen LogP contribution in [-0.4, -0.2) is 0 Å². The molecule has 55 heavy (non-hydrogen) atoms. The summed E-state index contributed by atoms with van der Waals surface area (Å²) in [6.07, 6.45) is 2.85. The van der Waals surface area contributed by atoms with Gasteiger partial charge in [0.1, 0.15) is 0 Å². The Morgan fingerprint density at radius 2 is 1.05 bits per heavy atom. The summed E-state index contributed by atoms with van der Waals surface area (Å²) in [6, 6.07) is 58.0. The van der Waals surface area contributed by atoms with Crippen LogP contribution in [0, 0.1) is 22.7 Å². The van der Waals surface area contributed by atoms with E-state index < -0.39 is 0 Å². The van der Waals surface area contributed by atoms with Gasteiger partial charge in [0.2, 0.25) is 0 Å². The van der Waals surface area contributed by atoms with Gasteiger partial charge in [-0.1, -0.05) is 127 Å². The van der Waals surface area contributed by atoms with Crippen LogP contribution >= 0.6 is 11.6 Å². The molecule has 0 amide bonds. The van der Waals surface area contributed by atoms with Crippen molar-refractivity contribution in [3.05, 3.63) is 185 Å². The first-order chi connectivity index (χ1) is 27.1. The van der Waals surface area contributed by atoms with E-state index in [0.717, 1.165) is 44.0 Å². The maximum absolute atomic E-state index is 10.2. The first-order valence-electron chi connectivity index (χ1n) is 18.6. The molecule has 254 valence electrons. The van der Waals surface area contributed by atoms with Gasteiger partial charge in [-0.2, -0.15) is 10.5 Å². The molecule has 2 aliphatic rings. The normalized spacial score (nSPS) is 14.1. The largest absolute Gasteiger partial charge is 0.192 e. The van der Waals surface area contributed by atoms with Crippen molar-refractivity contribution in [2.24, 2.45) is 0 Å². The van der Waals surface area contributed by atoms with Gasteiger partial charge in [0, 0.05) is 11.0 Å². The molecular weight excluding hydrogens is 688 g/mol. The van der Waals surface area contributed by atoms with Crippen LogP contribution in [0.4, 0.5) is 0 Å². The second kappa shape index (κ2) is 12.0. The number of nitrogens with zero attached hydrogens (tertiary/aromatic N) is 2. The van der Waals surface area contributed by atoms with Crippen molar-refractivity contribution in [1.29, 1.82) is 10.5 Å². The van der Waals surface area contributed by atoms with Crippen LogP contribution < -0.4 is 0 Å². The quantitative estimate of drug-likeness (QED) is 0.171. The Hall–Kier alpha value is -6.97. The van der Waals surface area contributed by atoms with Crippen molar-refractivity contribution >= 4 is 60.8 Å². The highest BCUT2D eigenvalue weighted by Gasteiger charge is 2.36. The Morgan fingerprint density at radius 1 is 0.491 bits per heavy atom. The first kappa shape index (κ1) is 31.5. The minimum Gasteiger partial charge on any atom is -0.192 e. The van der Waals surface area contributed by atoms with Crippen molar-refractivity contribution in [2.75, 3.05) is 0 Å². The van der Waals surface area contributed by atoms with Gasteiger partial charge in [-0.25, -0.2) is 0 Å². The van der Waals surface area contributed by atoms with Gasteiger partial charge >= 0.3 is 0 Å². The molecule has 0 spiro atoms. The molecule has 9 aromatic carbocycles. The predicted octanol–water partition coefficient (Wildman–Crippen LogP) is 13.9. The topological polar surface area (TPSA) is 47.6 Å². The van der Waals surface area contributed by atoms with Crippen molar-refractivity contribution in [3.63, 3.8) is 0 Å². The van der Waals surface area contributed by atoms with Crippen LogP contribution in [-0.2, 0) is 6.42 Å². The molecule has 0 heterocycles. The van der Waals surface area contributed by atoms with Crippen LogP contribution in [0.25, 0.3) is 93.7 Å². The van der Waals surface area contributed by atoms with Crippen LogP contribution in [0.3, 0.4) is 0 Å². The number of benzene rings is 9. The predicted molar refractivity (Wildman–Crippen MR) is 228 cm³/mol. The summed E-state index contributed by atoms with van der Waals surface area (Å²) in [5.74, 6) is -0.113. The molecule has 1 atom stereocenters. The Labute approximate surface area is 323 Å². The summed E-state index contributed by atoms with van der Waals surface area (Å²) in [6.45, 7) is 0. The molecule has 0 bridgehead atoms. The summed E-state index contributed by atoms with van der Waals surface area (Å²) in [4.78, 5) is 0. The third-order valence-electron chi connectivity index (χ3n) is 11.8. The molecule has 0 radical (unpaired) electrons. The summed E-state index contributed by atoms with van der Waals surface area (Å²) in [5, 5.41) is 30.7. The van der Waals surface area contributed by atoms with E-state index in [0.29, 0.717) is 17.5 Å². The average Bonchev–Trinajstić information content (AvgIpc) is 3.56. The van der Waals surface area contributed by atoms with E-state index in [1.54, 1.807) is 0 Å². The van der Waals surface area contributed by atoms with Crippen LogP contribution in [0.5, 0.6) is 0 Å². The summed E-state index contributed by atoms with van der Waals surface area (Å²) >= 11 is 7.62. The number of rotatable bonds is 3. The molecule has 2 aliphatic carbocycles. The molecule has 0 aliphatic heterocycles.